The van der Waals surface area contributed by atoms with E-state index < -0.39 is 11.5 Å². The van der Waals surface area contributed by atoms with Crippen molar-refractivity contribution in [3.63, 3.8) is 0 Å². The number of rotatable bonds is 4. The first-order valence-corrected chi connectivity index (χ1v) is 12.2. The Bertz CT molecular complexity index is 1610. The summed E-state index contributed by atoms with van der Waals surface area (Å²) in [4.78, 5) is 40.5. The first-order chi connectivity index (χ1) is 18.1. The summed E-state index contributed by atoms with van der Waals surface area (Å²) >= 11 is 0. The van der Waals surface area contributed by atoms with Gasteiger partial charge in [-0.05, 0) is 56.9 Å². The maximum Gasteiger partial charge on any atom is 0.299 e. The first kappa shape index (κ1) is 24.9. The third-order valence-corrected chi connectivity index (χ3v) is 6.40. The molecule has 1 aliphatic heterocycles. The Kier molecular flexibility index (Phi) is 6.30. The van der Waals surface area contributed by atoms with Gasteiger partial charge in [0, 0.05) is 41.8 Å². The van der Waals surface area contributed by atoms with Crippen molar-refractivity contribution < 1.29 is 14.7 Å². The number of hydrogen-bond donors (Lipinski definition) is 3. The van der Waals surface area contributed by atoms with Crippen molar-refractivity contribution in [1.82, 2.24) is 24.3 Å². The average Bonchev–Trinajstić information content (AvgIpc) is 3.53. The van der Waals surface area contributed by atoms with E-state index in [1.807, 2.05) is 16.5 Å². The lowest BCUT2D eigenvalue weighted by molar-refractivity contribution is -0.126. The van der Waals surface area contributed by atoms with Crippen molar-refractivity contribution in [2.45, 2.75) is 38.3 Å². The fourth-order valence-corrected chi connectivity index (χ4v) is 4.72. The fraction of sp³-hybridized carbons (Fsp3) is 0.250. The number of carbonyl (C=O) groups excluding carboxylic acids is 2. The largest absolute Gasteiger partial charge is 0.382 e. The molecule has 5 rings (SSSR count). The van der Waals surface area contributed by atoms with Gasteiger partial charge in [-0.25, -0.2) is 9.97 Å². The van der Waals surface area contributed by atoms with Crippen LogP contribution in [0, 0.1) is 11.8 Å². The molecule has 1 aliphatic rings. The number of imidazole rings is 1. The second-order valence-electron chi connectivity index (χ2n) is 9.65. The van der Waals surface area contributed by atoms with Crippen LogP contribution in [0.15, 0.2) is 55.0 Å². The number of likely N-dealkylation sites (tertiary alicyclic amines) is 1. The number of aromatic nitrogens is 4. The van der Waals surface area contributed by atoms with Crippen molar-refractivity contribution in [1.29, 1.82) is 0 Å². The Morgan fingerprint density at radius 1 is 1.16 bits per heavy atom. The lowest BCUT2D eigenvalue weighted by Crippen LogP contribution is -2.31. The molecule has 0 saturated carbocycles. The van der Waals surface area contributed by atoms with Crippen LogP contribution in [-0.4, -0.2) is 53.3 Å². The quantitative estimate of drug-likeness (QED) is 0.357. The number of primary amides is 1. The highest BCUT2D eigenvalue weighted by Gasteiger charge is 2.34. The fourth-order valence-electron chi connectivity index (χ4n) is 4.72. The highest BCUT2D eigenvalue weighted by atomic mass is 16.3. The maximum atomic E-state index is 13.0. The molecular formula is C28H27N7O3. The van der Waals surface area contributed by atoms with E-state index in [0.29, 0.717) is 52.4 Å². The van der Waals surface area contributed by atoms with Crippen molar-refractivity contribution in [2.75, 3.05) is 12.3 Å². The number of pyridine rings is 1. The predicted molar refractivity (Wildman–Crippen MR) is 142 cm³/mol. The van der Waals surface area contributed by atoms with Gasteiger partial charge < -0.3 is 21.5 Å². The van der Waals surface area contributed by atoms with Crippen molar-refractivity contribution in [2.24, 2.45) is 5.73 Å². The molecule has 4 heterocycles. The highest BCUT2D eigenvalue weighted by molar-refractivity contribution is 6.01. The Morgan fingerprint density at radius 2 is 1.97 bits per heavy atom. The molecule has 0 unspecified atom stereocenters. The molecule has 1 fully saturated rings. The summed E-state index contributed by atoms with van der Waals surface area (Å²) in [6.45, 7) is 3.58. The topological polar surface area (TPSA) is 153 Å². The molecule has 1 saturated heterocycles. The molecule has 2 amide bonds. The van der Waals surface area contributed by atoms with Crippen LogP contribution in [0.5, 0.6) is 0 Å². The van der Waals surface area contributed by atoms with Crippen LogP contribution in [0.1, 0.15) is 48.9 Å². The molecule has 1 aromatic carbocycles. The third kappa shape index (κ3) is 4.67. The van der Waals surface area contributed by atoms with Gasteiger partial charge in [-0.15, -0.1) is 0 Å². The molecule has 5 N–H and O–H groups in total. The lowest BCUT2D eigenvalue weighted by Gasteiger charge is -2.21. The van der Waals surface area contributed by atoms with Crippen LogP contribution in [0.4, 0.5) is 5.82 Å². The molecule has 38 heavy (non-hydrogen) atoms. The molecule has 10 heteroatoms. The van der Waals surface area contributed by atoms with Crippen LogP contribution in [0.3, 0.4) is 0 Å². The normalized spacial score (nSPS) is 15.3. The second-order valence-corrected chi connectivity index (χ2v) is 9.65. The van der Waals surface area contributed by atoms with Gasteiger partial charge in [0.15, 0.2) is 0 Å². The zero-order valence-corrected chi connectivity index (χ0v) is 21.0. The van der Waals surface area contributed by atoms with E-state index in [-0.39, 0.29) is 17.8 Å². The van der Waals surface area contributed by atoms with Crippen molar-refractivity contribution in [3.8, 4) is 34.4 Å². The number of benzene rings is 1. The number of nitrogens with zero attached hydrogens (tertiary/aromatic N) is 5. The number of aliphatic hydroxyl groups is 1. The van der Waals surface area contributed by atoms with E-state index in [4.69, 9.17) is 16.5 Å². The second kappa shape index (κ2) is 9.61. The SMILES string of the molecule is CC(C)(O)C#CC(=O)N1CCC[C@H]1c1nc(-c2ccc(C(N)=O)c(-c3ccccn3)c2)c2c(N)nccn12. The molecule has 4 aromatic rings. The zero-order chi connectivity index (χ0) is 27.0. The summed E-state index contributed by atoms with van der Waals surface area (Å²) < 4.78 is 1.85. The van der Waals surface area contributed by atoms with Gasteiger partial charge >= 0.3 is 0 Å². The van der Waals surface area contributed by atoms with Crippen molar-refractivity contribution >= 4 is 23.1 Å². The smallest absolute Gasteiger partial charge is 0.299 e. The van der Waals surface area contributed by atoms with Crippen LogP contribution in [0.25, 0.3) is 28.0 Å². The number of carbonyl (C=O) groups is 2. The van der Waals surface area contributed by atoms with Gasteiger partial charge in [-0.1, -0.05) is 18.1 Å². The van der Waals surface area contributed by atoms with E-state index in [1.165, 1.54) is 13.8 Å². The predicted octanol–water partition coefficient (Wildman–Crippen LogP) is 2.58. The summed E-state index contributed by atoms with van der Waals surface area (Å²) in [5.41, 5.74) is 14.0. The number of fused-ring (bicyclic) bond motifs is 1. The minimum Gasteiger partial charge on any atom is -0.382 e. The number of amides is 2. The Balaban J connectivity index is 1.65. The Labute approximate surface area is 219 Å². The summed E-state index contributed by atoms with van der Waals surface area (Å²) in [6, 6.07) is 10.3. The summed E-state index contributed by atoms with van der Waals surface area (Å²) in [5.74, 6) is 5.12. The number of hydrogen-bond acceptors (Lipinski definition) is 7. The average molecular weight is 510 g/mol. The van der Waals surface area contributed by atoms with Crippen LogP contribution in [-0.2, 0) is 4.79 Å². The van der Waals surface area contributed by atoms with Crippen LogP contribution in [0.2, 0.25) is 0 Å². The molecule has 1 atom stereocenters. The molecular weight excluding hydrogens is 482 g/mol. The lowest BCUT2D eigenvalue weighted by atomic mass is 9.98. The number of anilines is 1. The van der Waals surface area contributed by atoms with Crippen LogP contribution < -0.4 is 11.5 Å². The Morgan fingerprint density at radius 3 is 2.68 bits per heavy atom. The zero-order valence-electron chi connectivity index (χ0n) is 21.0. The van der Waals surface area contributed by atoms with Gasteiger partial charge in [0.2, 0.25) is 5.91 Å². The van der Waals surface area contributed by atoms with Gasteiger partial charge in [0.1, 0.15) is 28.5 Å². The van der Waals surface area contributed by atoms with E-state index in [9.17, 15) is 14.7 Å². The summed E-state index contributed by atoms with van der Waals surface area (Å²) in [7, 11) is 0. The minimum absolute atomic E-state index is 0.275. The minimum atomic E-state index is -1.28. The Hall–Kier alpha value is -4.75. The summed E-state index contributed by atoms with van der Waals surface area (Å²) in [6.07, 6.45) is 6.46. The van der Waals surface area contributed by atoms with Crippen LogP contribution >= 0.6 is 0 Å². The molecule has 0 aliphatic carbocycles. The number of nitrogens with two attached hydrogens (primary N) is 2. The number of nitrogen functional groups attached to an aromatic ring is 1. The molecule has 0 bridgehead atoms. The van der Waals surface area contributed by atoms with Gasteiger partial charge in [0.05, 0.1) is 11.7 Å². The molecule has 0 spiro atoms. The van der Waals surface area contributed by atoms with E-state index >= 15 is 0 Å². The molecule has 192 valence electrons. The highest BCUT2D eigenvalue weighted by Crippen LogP contribution is 2.37. The monoisotopic (exact) mass is 509 g/mol. The summed E-state index contributed by atoms with van der Waals surface area (Å²) in [5, 5.41) is 9.94. The maximum absolute atomic E-state index is 13.0. The third-order valence-electron chi connectivity index (χ3n) is 6.40. The van der Waals surface area contributed by atoms with Gasteiger partial charge in [-0.3, -0.25) is 19.0 Å². The molecule has 0 radical (unpaired) electrons. The van der Waals surface area contributed by atoms with Crippen molar-refractivity contribution in [3.05, 3.63) is 66.4 Å². The van der Waals surface area contributed by atoms with E-state index in [1.54, 1.807) is 47.8 Å². The van der Waals surface area contributed by atoms with E-state index in [0.717, 1.165) is 6.42 Å². The first-order valence-electron chi connectivity index (χ1n) is 12.2. The standard InChI is InChI=1S/C28H27N7O3/c1-28(2,38)11-10-22(36)34-14-5-7-21(34)27-33-23(24-25(29)32-13-15-35(24)27)17-8-9-18(26(30)37)19(16-17)20-6-3-4-12-31-20/h3-4,6,8-9,12-13,15-16,21,38H,5,7,14H2,1-2H3,(H2,29,32)(H2,30,37)/t21-/m0/s1. The van der Waals surface area contributed by atoms with Gasteiger partial charge in [0.25, 0.3) is 5.91 Å². The molecule has 3 aromatic heterocycles. The van der Waals surface area contributed by atoms with Gasteiger partial charge in [-0.2, -0.15) is 0 Å². The van der Waals surface area contributed by atoms with E-state index in [2.05, 4.69) is 21.8 Å². The molecule has 10 nitrogen and oxygen atoms in total.